The molecule has 0 saturated carbocycles. The molecule has 172 valence electrons. The van der Waals surface area contributed by atoms with E-state index in [0.717, 1.165) is 37.3 Å². The van der Waals surface area contributed by atoms with Gasteiger partial charge < -0.3 is 19.5 Å². The smallest absolute Gasteiger partial charge is 0.253 e. The van der Waals surface area contributed by atoms with Gasteiger partial charge in [0, 0.05) is 56.7 Å². The summed E-state index contributed by atoms with van der Waals surface area (Å²) >= 11 is 6.19. The first-order valence-corrected chi connectivity index (χ1v) is 11.4. The first kappa shape index (κ1) is 23.0. The van der Waals surface area contributed by atoms with Gasteiger partial charge in [0.15, 0.2) is 11.7 Å². The molecule has 7 nitrogen and oxygen atoms in total. The molecule has 8 heteroatoms. The minimum absolute atomic E-state index is 0.0563. The van der Waals surface area contributed by atoms with Crippen LogP contribution in [0.3, 0.4) is 0 Å². The standard InChI is InChI=1S/C25H27ClN4O3/c1-29-12-14-30(15-13-29)25(32)19-8-6-18(7-9-19)16-27-23(31)10-11-24-28-17-22(33-24)20-4-2-3-5-21(20)26/h2-9,17H,10-16H2,1H3,(H,27,31). The number of nitrogens with one attached hydrogen (secondary N) is 1. The minimum Gasteiger partial charge on any atom is -0.441 e. The van der Waals surface area contributed by atoms with Crippen molar-refractivity contribution in [1.29, 1.82) is 0 Å². The molecule has 1 aliphatic rings. The van der Waals surface area contributed by atoms with Crippen LogP contribution in [-0.2, 0) is 17.8 Å². The van der Waals surface area contributed by atoms with Crippen LogP contribution in [-0.4, -0.2) is 59.8 Å². The van der Waals surface area contributed by atoms with Crippen molar-refractivity contribution in [2.75, 3.05) is 33.2 Å². The lowest BCUT2D eigenvalue weighted by atomic mass is 10.1. The number of nitrogens with zero attached hydrogens (tertiary/aromatic N) is 3. The summed E-state index contributed by atoms with van der Waals surface area (Å²) in [5.41, 5.74) is 2.39. The summed E-state index contributed by atoms with van der Waals surface area (Å²) < 4.78 is 5.74. The Morgan fingerprint density at radius 1 is 1.06 bits per heavy atom. The summed E-state index contributed by atoms with van der Waals surface area (Å²) in [6, 6.07) is 14.8. The first-order chi connectivity index (χ1) is 16.0. The van der Waals surface area contributed by atoms with Gasteiger partial charge >= 0.3 is 0 Å². The number of oxazole rings is 1. The van der Waals surface area contributed by atoms with Gasteiger partial charge in [0.1, 0.15) is 0 Å². The van der Waals surface area contributed by atoms with Crippen LogP contribution in [0, 0.1) is 0 Å². The summed E-state index contributed by atoms with van der Waals surface area (Å²) in [5.74, 6) is 1.04. The van der Waals surface area contributed by atoms with Crippen molar-refractivity contribution in [3.63, 3.8) is 0 Å². The van der Waals surface area contributed by atoms with E-state index in [1.165, 1.54) is 0 Å². The van der Waals surface area contributed by atoms with Crippen LogP contribution in [0.5, 0.6) is 0 Å². The van der Waals surface area contributed by atoms with Gasteiger partial charge in [0.25, 0.3) is 5.91 Å². The predicted molar refractivity (Wildman–Crippen MR) is 127 cm³/mol. The van der Waals surface area contributed by atoms with E-state index < -0.39 is 0 Å². The molecule has 0 radical (unpaired) electrons. The van der Waals surface area contributed by atoms with Crippen molar-refractivity contribution in [3.05, 3.63) is 76.8 Å². The molecule has 2 heterocycles. The van der Waals surface area contributed by atoms with Gasteiger partial charge in [-0.25, -0.2) is 4.98 Å². The summed E-state index contributed by atoms with van der Waals surface area (Å²) in [5, 5.41) is 3.50. The molecular formula is C25H27ClN4O3. The number of halogens is 1. The number of piperazine rings is 1. The molecule has 3 aromatic rings. The second kappa shape index (κ2) is 10.6. The van der Waals surface area contributed by atoms with E-state index in [1.807, 2.05) is 47.4 Å². The lowest BCUT2D eigenvalue weighted by Gasteiger charge is -2.32. The molecule has 0 bridgehead atoms. The zero-order valence-electron chi connectivity index (χ0n) is 18.6. The predicted octanol–water partition coefficient (Wildman–Crippen LogP) is 3.63. The Kier molecular flexibility index (Phi) is 7.42. The third-order valence-electron chi connectivity index (χ3n) is 5.74. The molecular weight excluding hydrogens is 440 g/mol. The molecule has 33 heavy (non-hydrogen) atoms. The Hall–Kier alpha value is -3.16. The molecule has 1 fully saturated rings. The van der Waals surface area contributed by atoms with Gasteiger partial charge in [-0.2, -0.15) is 0 Å². The van der Waals surface area contributed by atoms with E-state index >= 15 is 0 Å². The van der Waals surface area contributed by atoms with Crippen LogP contribution in [0.2, 0.25) is 5.02 Å². The molecule has 0 atom stereocenters. The maximum absolute atomic E-state index is 12.6. The Bertz CT molecular complexity index is 1100. The third kappa shape index (κ3) is 6.00. The highest BCUT2D eigenvalue weighted by molar-refractivity contribution is 6.33. The van der Waals surface area contributed by atoms with E-state index in [4.69, 9.17) is 16.0 Å². The Labute approximate surface area is 198 Å². The van der Waals surface area contributed by atoms with Crippen molar-refractivity contribution in [2.24, 2.45) is 0 Å². The average molecular weight is 467 g/mol. The number of amides is 2. The van der Waals surface area contributed by atoms with Crippen molar-refractivity contribution in [1.82, 2.24) is 20.1 Å². The second-order valence-corrected chi connectivity index (χ2v) is 8.57. The zero-order valence-corrected chi connectivity index (χ0v) is 19.3. The highest BCUT2D eigenvalue weighted by Crippen LogP contribution is 2.28. The van der Waals surface area contributed by atoms with Gasteiger partial charge in [0.05, 0.1) is 11.2 Å². The van der Waals surface area contributed by atoms with E-state index in [2.05, 4.69) is 22.2 Å². The largest absolute Gasteiger partial charge is 0.441 e. The molecule has 1 aliphatic heterocycles. The van der Waals surface area contributed by atoms with Crippen molar-refractivity contribution >= 4 is 23.4 Å². The SMILES string of the molecule is CN1CCN(C(=O)c2ccc(CNC(=O)CCc3ncc(-c4ccccc4Cl)o3)cc2)CC1. The number of benzene rings is 2. The van der Waals surface area contributed by atoms with Crippen molar-refractivity contribution in [3.8, 4) is 11.3 Å². The summed E-state index contributed by atoms with van der Waals surface area (Å²) in [6.45, 7) is 3.68. The number of rotatable bonds is 7. The van der Waals surface area contributed by atoms with Gasteiger partial charge in [-0.15, -0.1) is 0 Å². The van der Waals surface area contributed by atoms with Crippen molar-refractivity contribution < 1.29 is 14.0 Å². The molecule has 2 amide bonds. The number of hydrogen-bond donors (Lipinski definition) is 1. The molecule has 2 aromatic carbocycles. The second-order valence-electron chi connectivity index (χ2n) is 8.17. The Morgan fingerprint density at radius 2 is 1.79 bits per heavy atom. The Balaban J connectivity index is 1.23. The average Bonchev–Trinajstić information content (AvgIpc) is 3.31. The monoisotopic (exact) mass is 466 g/mol. The molecule has 1 saturated heterocycles. The lowest BCUT2D eigenvalue weighted by molar-refractivity contribution is -0.121. The molecule has 4 rings (SSSR count). The third-order valence-corrected chi connectivity index (χ3v) is 6.07. The number of aryl methyl sites for hydroxylation is 1. The van der Waals surface area contributed by atoms with Gasteiger partial charge in [0.2, 0.25) is 5.91 Å². The number of carbonyl (C=O) groups is 2. The first-order valence-electron chi connectivity index (χ1n) is 11.0. The van der Waals surface area contributed by atoms with Gasteiger partial charge in [-0.05, 0) is 36.9 Å². The lowest BCUT2D eigenvalue weighted by Crippen LogP contribution is -2.47. The van der Waals surface area contributed by atoms with Crippen LogP contribution in [0.4, 0.5) is 0 Å². The fourth-order valence-electron chi connectivity index (χ4n) is 3.68. The molecule has 0 aliphatic carbocycles. The molecule has 1 N–H and O–H groups in total. The van der Waals surface area contributed by atoms with E-state index in [0.29, 0.717) is 35.2 Å². The normalized spacial score (nSPS) is 14.3. The van der Waals surface area contributed by atoms with Crippen LogP contribution in [0.25, 0.3) is 11.3 Å². The maximum atomic E-state index is 12.6. The highest BCUT2D eigenvalue weighted by atomic mass is 35.5. The quantitative estimate of drug-likeness (QED) is 0.575. The van der Waals surface area contributed by atoms with E-state index in [-0.39, 0.29) is 18.2 Å². The molecule has 0 unspecified atom stereocenters. The Morgan fingerprint density at radius 3 is 2.52 bits per heavy atom. The maximum Gasteiger partial charge on any atom is 0.253 e. The van der Waals surface area contributed by atoms with Gasteiger partial charge in [-0.3, -0.25) is 9.59 Å². The van der Waals surface area contributed by atoms with Crippen LogP contribution >= 0.6 is 11.6 Å². The summed E-state index contributed by atoms with van der Waals surface area (Å²) in [4.78, 5) is 33.2. The van der Waals surface area contributed by atoms with E-state index in [1.54, 1.807) is 12.3 Å². The molecule has 0 spiro atoms. The van der Waals surface area contributed by atoms with Crippen LogP contribution < -0.4 is 5.32 Å². The number of carbonyl (C=O) groups excluding carboxylic acids is 2. The summed E-state index contributed by atoms with van der Waals surface area (Å²) in [6.07, 6.45) is 2.29. The highest BCUT2D eigenvalue weighted by Gasteiger charge is 2.20. The topological polar surface area (TPSA) is 78.7 Å². The number of hydrogen-bond acceptors (Lipinski definition) is 5. The van der Waals surface area contributed by atoms with E-state index in [9.17, 15) is 9.59 Å². The fraction of sp³-hybridized carbons (Fsp3) is 0.320. The minimum atomic E-state index is -0.0925. The van der Waals surface area contributed by atoms with Crippen LogP contribution in [0.1, 0.15) is 28.2 Å². The zero-order chi connectivity index (χ0) is 23.2. The molecule has 1 aromatic heterocycles. The number of likely N-dealkylation sites (N-methyl/N-ethyl adjacent to an activating group) is 1. The van der Waals surface area contributed by atoms with Crippen molar-refractivity contribution in [2.45, 2.75) is 19.4 Å². The summed E-state index contributed by atoms with van der Waals surface area (Å²) in [7, 11) is 2.06. The van der Waals surface area contributed by atoms with Gasteiger partial charge in [-0.1, -0.05) is 35.9 Å². The fourth-order valence-corrected chi connectivity index (χ4v) is 3.91. The van der Waals surface area contributed by atoms with Crippen LogP contribution in [0.15, 0.2) is 59.1 Å². The number of aromatic nitrogens is 1.